The van der Waals surface area contributed by atoms with Crippen LogP contribution in [-0.2, 0) is 0 Å². The predicted molar refractivity (Wildman–Crippen MR) is 134 cm³/mol. The smallest absolute Gasteiger partial charge is 0.119 e. The van der Waals surface area contributed by atoms with Crippen LogP contribution in [0.2, 0.25) is 0 Å². The average molecular weight is 429 g/mol. The summed E-state index contributed by atoms with van der Waals surface area (Å²) in [5.41, 5.74) is 8.52. The lowest BCUT2D eigenvalue weighted by Crippen LogP contribution is -2.02. The molecule has 3 aromatic rings. The molecule has 0 saturated heterocycles. The Labute approximate surface area is 189 Å². The number of nitrogens with one attached hydrogen (secondary N) is 1. The molecule has 1 aliphatic heterocycles. The second kappa shape index (κ2) is 9.44. The summed E-state index contributed by atoms with van der Waals surface area (Å²) in [6.07, 6.45) is 2.17. The highest BCUT2D eigenvalue weighted by Crippen LogP contribution is 2.36. The Kier molecular flexibility index (Phi) is 6.47. The zero-order valence-electron chi connectivity index (χ0n) is 18.5. The van der Waals surface area contributed by atoms with Crippen LogP contribution in [0.1, 0.15) is 33.9 Å². The van der Waals surface area contributed by atoms with Gasteiger partial charge in [-0.1, -0.05) is 48.0 Å². The van der Waals surface area contributed by atoms with Crippen LogP contribution in [0, 0.1) is 20.8 Å². The summed E-state index contributed by atoms with van der Waals surface area (Å²) in [6, 6.07) is 23.1. The van der Waals surface area contributed by atoms with Gasteiger partial charge in [0.25, 0.3) is 0 Å². The molecule has 0 spiro atoms. The monoisotopic (exact) mass is 428 g/mol. The van der Waals surface area contributed by atoms with Gasteiger partial charge in [0.2, 0.25) is 0 Å². The topological polar surface area (TPSA) is 33.6 Å². The van der Waals surface area contributed by atoms with Gasteiger partial charge in [-0.2, -0.15) is 0 Å². The van der Waals surface area contributed by atoms with Crippen molar-refractivity contribution < 1.29 is 4.74 Å². The van der Waals surface area contributed by atoms with Gasteiger partial charge in [0, 0.05) is 17.1 Å². The standard InChI is InChI=1S/C27H28N2OS/c1-18-14-19(2)27(20(3)15-18)25-17-31-26(29-25)16-24(21-8-6-5-7-9-21)28-22-10-12-23(30-4)13-11-22/h5-16,25,28H,17H2,1-4H3. The predicted octanol–water partition coefficient (Wildman–Crippen LogP) is 6.96. The molecular weight excluding hydrogens is 400 g/mol. The number of rotatable bonds is 6. The van der Waals surface area contributed by atoms with Crippen LogP contribution in [0.3, 0.4) is 0 Å². The van der Waals surface area contributed by atoms with E-state index < -0.39 is 0 Å². The Balaban J connectivity index is 1.65. The van der Waals surface area contributed by atoms with Crippen LogP contribution < -0.4 is 10.1 Å². The second-order valence-electron chi connectivity index (χ2n) is 7.88. The lowest BCUT2D eigenvalue weighted by atomic mass is 9.95. The summed E-state index contributed by atoms with van der Waals surface area (Å²) in [5, 5.41) is 4.63. The Bertz CT molecular complexity index is 1090. The third-order valence-corrected chi connectivity index (χ3v) is 6.47. The minimum absolute atomic E-state index is 0.204. The van der Waals surface area contributed by atoms with E-state index >= 15 is 0 Å². The van der Waals surface area contributed by atoms with Crippen LogP contribution in [0.15, 0.2) is 77.8 Å². The molecule has 1 unspecified atom stereocenters. The van der Waals surface area contributed by atoms with Crippen molar-refractivity contribution in [3.63, 3.8) is 0 Å². The van der Waals surface area contributed by atoms with E-state index in [1.165, 1.54) is 22.3 Å². The largest absolute Gasteiger partial charge is 0.497 e. The van der Waals surface area contributed by atoms with E-state index in [1.807, 2.05) is 42.1 Å². The zero-order valence-corrected chi connectivity index (χ0v) is 19.3. The van der Waals surface area contributed by atoms with Crippen LogP contribution in [0.4, 0.5) is 5.69 Å². The number of nitrogens with zero attached hydrogens (tertiary/aromatic N) is 1. The van der Waals surface area contributed by atoms with E-state index in [0.717, 1.165) is 33.5 Å². The van der Waals surface area contributed by atoms with Gasteiger partial charge >= 0.3 is 0 Å². The second-order valence-corrected chi connectivity index (χ2v) is 8.92. The number of ether oxygens (including phenoxy) is 1. The first-order valence-corrected chi connectivity index (χ1v) is 11.5. The van der Waals surface area contributed by atoms with Gasteiger partial charge in [-0.25, -0.2) is 0 Å². The minimum Gasteiger partial charge on any atom is -0.497 e. The van der Waals surface area contributed by atoms with E-state index in [9.17, 15) is 0 Å². The lowest BCUT2D eigenvalue weighted by molar-refractivity contribution is 0.415. The molecule has 1 aliphatic rings. The number of hydrogen-bond donors (Lipinski definition) is 1. The molecule has 0 amide bonds. The fourth-order valence-electron chi connectivity index (χ4n) is 4.10. The molecule has 0 aromatic heterocycles. The maximum Gasteiger partial charge on any atom is 0.119 e. The van der Waals surface area contributed by atoms with Gasteiger partial charge in [-0.05, 0) is 73.4 Å². The SMILES string of the molecule is COc1ccc(NC(=CC2=NC(c3c(C)cc(C)cc3C)CS2)c2ccccc2)cc1. The molecule has 0 fully saturated rings. The van der Waals surface area contributed by atoms with E-state index in [1.54, 1.807) is 7.11 Å². The molecule has 0 saturated carbocycles. The first-order chi connectivity index (χ1) is 15.0. The van der Waals surface area contributed by atoms with Crippen molar-refractivity contribution >= 4 is 28.2 Å². The number of hydrogen-bond acceptors (Lipinski definition) is 4. The van der Waals surface area contributed by atoms with Crippen LogP contribution in [-0.4, -0.2) is 17.9 Å². The number of thioether (sulfide) groups is 1. The summed E-state index contributed by atoms with van der Waals surface area (Å²) in [4.78, 5) is 5.09. The summed E-state index contributed by atoms with van der Waals surface area (Å²) in [7, 11) is 1.68. The fraction of sp³-hybridized carbons (Fsp3) is 0.222. The van der Waals surface area contributed by atoms with Gasteiger partial charge in [-0.15, -0.1) is 11.8 Å². The Morgan fingerprint density at radius 1 is 1.00 bits per heavy atom. The summed E-state index contributed by atoms with van der Waals surface area (Å²) < 4.78 is 5.28. The van der Waals surface area contributed by atoms with Crippen LogP contribution in [0.5, 0.6) is 5.75 Å². The Morgan fingerprint density at radius 3 is 2.32 bits per heavy atom. The van der Waals surface area contributed by atoms with Crippen molar-refractivity contribution in [2.75, 3.05) is 18.2 Å². The molecule has 31 heavy (non-hydrogen) atoms. The van der Waals surface area contributed by atoms with Gasteiger partial charge in [0.05, 0.1) is 18.2 Å². The number of methoxy groups -OCH3 is 1. The maximum absolute atomic E-state index is 5.28. The summed E-state index contributed by atoms with van der Waals surface area (Å²) in [5.74, 6) is 1.82. The van der Waals surface area contributed by atoms with E-state index in [-0.39, 0.29) is 6.04 Å². The highest BCUT2D eigenvalue weighted by Gasteiger charge is 2.22. The number of benzene rings is 3. The molecule has 1 heterocycles. The molecule has 0 radical (unpaired) electrons. The van der Waals surface area contributed by atoms with Crippen LogP contribution in [0.25, 0.3) is 5.70 Å². The fourth-order valence-corrected chi connectivity index (χ4v) is 5.07. The van der Waals surface area contributed by atoms with Crippen molar-refractivity contribution in [1.82, 2.24) is 0 Å². The first kappa shape index (κ1) is 21.3. The number of aliphatic imine (C=N–C) groups is 1. The van der Waals surface area contributed by atoms with E-state index in [4.69, 9.17) is 9.73 Å². The Hall–Kier alpha value is -2.98. The third kappa shape index (κ3) is 5.02. The molecule has 3 aromatic carbocycles. The molecule has 3 nitrogen and oxygen atoms in total. The molecule has 0 bridgehead atoms. The van der Waals surface area contributed by atoms with Gasteiger partial charge < -0.3 is 10.1 Å². The Morgan fingerprint density at radius 2 is 1.68 bits per heavy atom. The molecule has 158 valence electrons. The average Bonchev–Trinajstić information content (AvgIpc) is 3.21. The first-order valence-electron chi connectivity index (χ1n) is 10.5. The number of anilines is 1. The van der Waals surface area contributed by atoms with Crippen molar-refractivity contribution in [1.29, 1.82) is 0 Å². The maximum atomic E-state index is 5.28. The molecule has 0 aliphatic carbocycles. The van der Waals surface area contributed by atoms with Gasteiger partial charge in [0.1, 0.15) is 5.75 Å². The molecule has 4 heteroatoms. The van der Waals surface area contributed by atoms with Crippen molar-refractivity contribution in [3.05, 3.63) is 101 Å². The molecule has 1 N–H and O–H groups in total. The molecule has 4 rings (SSSR count). The quantitative estimate of drug-likeness (QED) is 0.461. The highest BCUT2D eigenvalue weighted by molar-refractivity contribution is 8.14. The zero-order chi connectivity index (χ0) is 21.8. The molecular formula is C27H28N2OS. The lowest BCUT2D eigenvalue weighted by Gasteiger charge is -2.14. The van der Waals surface area contributed by atoms with Crippen LogP contribution >= 0.6 is 11.8 Å². The summed E-state index contributed by atoms with van der Waals surface area (Å²) >= 11 is 1.82. The van der Waals surface area contributed by atoms with Gasteiger partial charge in [-0.3, -0.25) is 4.99 Å². The minimum atomic E-state index is 0.204. The van der Waals surface area contributed by atoms with Crippen molar-refractivity contribution in [3.8, 4) is 5.75 Å². The molecule has 1 atom stereocenters. The highest BCUT2D eigenvalue weighted by atomic mass is 32.2. The number of aryl methyl sites for hydroxylation is 3. The van der Waals surface area contributed by atoms with Crippen molar-refractivity contribution in [2.45, 2.75) is 26.8 Å². The van der Waals surface area contributed by atoms with Gasteiger partial charge in [0.15, 0.2) is 0 Å². The normalized spacial score (nSPS) is 16.2. The van der Waals surface area contributed by atoms with E-state index in [2.05, 4.69) is 68.6 Å². The van der Waals surface area contributed by atoms with E-state index in [0.29, 0.717) is 0 Å². The van der Waals surface area contributed by atoms with Crippen molar-refractivity contribution in [2.24, 2.45) is 4.99 Å². The summed E-state index contributed by atoms with van der Waals surface area (Å²) in [6.45, 7) is 6.55. The third-order valence-electron chi connectivity index (χ3n) is 5.47.